The number of nitrogens with zero attached hydrogens (tertiary/aromatic N) is 1. The monoisotopic (exact) mass is 608 g/mol. The molecule has 3 aliphatic rings. The fraction of sp³-hybridized carbons (Fsp3) is 0.406. The van der Waals surface area contributed by atoms with Crippen LogP contribution in [0.15, 0.2) is 69.5 Å². The minimum atomic E-state index is -0.525. The van der Waals surface area contributed by atoms with E-state index in [9.17, 15) is 18.8 Å². The van der Waals surface area contributed by atoms with Crippen LogP contribution in [0.3, 0.4) is 0 Å². The molecule has 0 saturated heterocycles. The Morgan fingerprint density at radius 2 is 1.55 bits per heavy atom. The molecule has 1 heterocycles. The van der Waals surface area contributed by atoms with Gasteiger partial charge >= 0.3 is 0 Å². The summed E-state index contributed by atoms with van der Waals surface area (Å²) in [6.07, 6.45) is 2.37. The van der Waals surface area contributed by atoms with Crippen LogP contribution in [0.5, 0.6) is 5.75 Å². The molecule has 0 fully saturated rings. The first kappa shape index (κ1) is 28.3. The number of anilines is 1. The van der Waals surface area contributed by atoms with Gasteiger partial charge in [0.25, 0.3) is 5.91 Å². The highest BCUT2D eigenvalue weighted by Gasteiger charge is 2.48. The summed E-state index contributed by atoms with van der Waals surface area (Å²) in [6, 6.07) is 11.4. The van der Waals surface area contributed by atoms with Crippen LogP contribution < -0.4 is 10.1 Å². The molecule has 0 unspecified atom stereocenters. The summed E-state index contributed by atoms with van der Waals surface area (Å²) < 4.78 is 20.2. The number of hydrogen-bond acceptors (Lipinski definition) is 5. The van der Waals surface area contributed by atoms with E-state index in [0.29, 0.717) is 34.2 Å². The average molecular weight is 610 g/mol. The van der Waals surface area contributed by atoms with E-state index in [1.54, 1.807) is 18.2 Å². The molecule has 2 aliphatic carbocycles. The number of carbonyl (C=O) groups is 3. The maximum atomic E-state index is 13.9. The standard InChI is InChI=1S/C32H34BrFN2O4/c1-31(2)13-22-29(24(37)15-31)28(30-23(36(22)5)14-32(3,4)16-25(30)38)18-10-11-26(19(33)12-18)40-17-27(39)35-21-9-7-6-8-20(21)34/h6-12,28H,13-17H2,1-5H3,(H,35,39). The summed E-state index contributed by atoms with van der Waals surface area (Å²) in [4.78, 5) is 41.8. The van der Waals surface area contributed by atoms with Crippen molar-refractivity contribution in [3.05, 3.63) is 80.9 Å². The second-order valence-corrected chi connectivity index (χ2v) is 13.5. The fourth-order valence-corrected chi connectivity index (χ4v) is 6.71. The van der Waals surface area contributed by atoms with Crippen molar-refractivity contribution in [3.63, 3.8) is 0 Å². The number of Topliss-reactive ketones (excluding diaryl/α,β-unsaturated/α-hetero) is 2. The first-order chi connectivity index (χ1) is 18.8. The smallest absolute Gasteiger partial charge is 0.262 e. The Balaban J connectivity index is 1.47. The molecule has 8 heteroatoms. The number of ketones is 2. The molecule has 1 amide bonds. The van der Waals surface area contributed by atoms with Gasteiger partial charge in [0.15, 0.2) is 18.2 Å². The van der Waals surface area contributed by atoms with Gasteiger partial charge < -0.3 is 15.0 Å². The zero-order chi connectivity index (χ0) is 29.0. The second kappa shape index (κ2) is 10.3. The van der Waals surface area contributed by atoms with Crippen LogP contribution in [0.25, 0.3) is 0 Å². The molecule has 0 bridgehead atoms. The van der Waals surface area contributed by atoms with Crippen molar-refractivity contribution in [2.24, 2.45) is 10.8 Å². The van der Waals surface area contributed by atoms with Gasteiger partial charge in [-0.1, -0.05) is 45.9 Å². The first-order valence-electron chi connectivity index (χ1n) is 13.5. The van der Waals surface area contributed by atoms with E-state index >= 15 is 0 Å². The highest BCUT2D eigenvalue weighted by atomic mass is 79.9. The lowest BCUT2D eigenvalue weighted by atomic mass is 9.64. The van der Waals surface area contributed by atoms with Gasteiger partial charge in [0, 0.05) is 48.3 Å². The number of allylic oxidation sites excluding steroid dienone is 4. The average Bonchev–Trinajstić information content (AvgIpc) is 2.85. The van der Waals surface area contributed by atoms with Crippen molar-refractivity contribution >= 4 is 39.1 Å². The van der Waals surface area contributed by atoms with E-state index in [0.717, 1.165) is 29.8 Å². The topological polar surface area (TPSA) is 75.7 Å². The van der Waals surface area contributed by atoms with Crippen LogP contribution in [0.1, 0.15) is 64.9 Å². The van der Waals surface area contributed by atoms with Gasteiger partial charge in [0.05, 0.1) is 10.2 Å². The molecule has 210 valence electrons. The minimum Gasteiger partial charge on any atom is -0.483 e. The molecule has 0 saturated carbocycles. The largest absolute Gasteiger partial charge is 0.483 e. The molecule has 1 aliphatic heterocycles. The van der Waals surface area contributed by atoms with Crippen molar-refractivity contribution < 1.29 is 23.5 Å². The summed E-state index contributed by atoms with van der Waals surface area (Å²) in [5.41, 5.74) is 3.99. The Morgan fingerprint density at radius 3 is 2.10 bits per heavy atom. The van der Waals surface area contributed by atoms with Gasteiger partial charge in [-0.15, -0.1) is 0 Å². The van der Waals surface area contributed by atoms with Gasteiger partial charge in [-0.2, -0.15) is 0 Å². The number of rotatable bonds is 5. The van der Waals surface area contributed by atoms with Crippen molar-refractivity contribution in [2.75, 3.05) is 19.0 Å². The number of hydrogen-bond donors (Lipinski definition) is 1. The van der Waals surface area contributed by atoms with Crippen LogP contribution in [-0.4, -0.2) is 36.0 Å². The number of nitrogens with one attached hydrogen (secondary N) is 1. The van der Waals surface area contributed by atoms with E-state index in [-0.39, 0.29) is 34.7 Å². The van der Waals surface area contributed by atoms with Crippen molar-refractivity contribution in [2.45, 2.75) is 59.3 Å². The molecule has 2 aromatic rings. The first-order valence-corrected chi connectivity index (χ1v) is 14.3. The molecule has 0 spiro atoms. The number of para-hydroxylation sites is 1. The Morgan fingerprint density at radius 1 is 0.975 bits per heavy atom. The lowest BCUT2D eigenvalue weighted by Crippen LogP contribution is -2.43. The summed E-state index contributed by atoms with van der Waals surface area (Å²) in [5, 5.41) is 2.51. The Hall–Kier alpha value is -3.26. The maximum Gasteiger partial charge on any atom is 0.262 e. The van der Waals surface area contributed by atoms with Crippen molar-refractivity contribution in [1.29, 1.82) is 0 Å². The van der Waals surface area contributed by atoms with Gasteiger partial charge in [0.1, 0.15) is 11.6 Å². The minimum absolute atomic E-state index is 0.0774. The number of carbonyl (C=O) groups excluding carboxylic acids is 3. The normalized spacial score (nSPS) is 20.3. The van der Waals surface area contributed by atoms with Gasteiger partial charge in [-0.05, 0) is 69.4 Å². The van der Waals surface area contributed by atoms with Gasteiger partial charge in [0.2, 0.25) is 0 Å². The highest BCUT2D eigenvalue weighted by Crippen LogP contribution is 2.54. The molecule has 0 radical (unpaired) electrons. The van der Waals surface area contributed by atoms with E-state index in [4.69, 9.17) is 4.74 Å². The molecule has 6 nitrogen and oxygen atoms in total. The summed E-state index contributed by atoms with van der Waals surface area (Å²) >= 11 is 3.57. The van der Waals surface area contributed by atoms with Crippen LogP contribution in [-0.2, 0) is 14.4 Å². The van der Waals surface area contributed by atoms with Gasteiger partial charge in [-0.3, -0.25) is 14.4 Å². The van der Waals surface area contributed by atoms with E-state index in [1.165, 1.54) is 12.1 Å². The maximum absolute atomic E-state index is 13.9. The van der Waals surface area contributed by atoms with Crippen LogP contribution in [0, 0.1) is 16.6 Å². The predicted molar refractivity (Wildman–Crippen MR) is 155 cm³/mol. The molecule has 40 heavy (non-hydrogen) atoms. The van der Waals surface area contributed by atoms with Crippen LogP contribution in [0.2, 0.25) is 0 Å². The Bertz CT molecular complexity index is 1440. The Labute approximate surface area is 242 Å². The molecule has 1 N–H and O–H groups in total. The number of halogens is 2. The third-order valence-corrected chi connectivity index (χ3v) is 8.60. The van der Waals surface area contributed by atoms with Crippen LogP contribution in [0.4, 0.5) is 10.1 Å². The zero-order valence-corrected chi connectivity index (χ0v) is 25.1. The second-order valence-electron chi connectivity index (χ2n) is 12.6. The SMILES string of the molecule is CN1C2=C(C(=O)CC(C)(C)C2)C(c2ccc(OCC(=O)Nc3ccccc3F)c(Br)c2)C2=C1CC(C)(C)CC2=O. The molecular weight excluding hydrogens is 575 g/mol. The summed E-state index contributed by atoms with van der Waals surface area (Å²) in [7, 11) is 1.99. The Kier molecular flexibility index (Phi) is 7.27. The molecule has 0 aromatic heterocycles. The van der Waals surface area contributed by atoms with Gasteiger partial charge in [-0.25, -0.2) is 4.39 Å². The third-order valence-electron chi connectivity index (χ3n) is 7.98. The van der Waals surface area contributed by atoms with Crippen molar-refractivity contribution in [3.8, 4) is 5.75 Å². The lowest BCUT2D eigenvalue weighted by Gasteiger charge is -2.47. The molecule has 2 aromatic carbocycles. The lowest BCUT2D eigenvalue weighted by molar-refractivity contribution is -0.120. The summed E-state index contributed by atoms with van der Waals surface area (Å²) in [5.74, 6) is -0.892. The molecule has 5 rings (SSSR count). The van der Waals surface area contributed by atoms with E-state index in [2.05, 4.69) is 53.8 Å². The summed E-state index contributed by atoms with van der Waals surface area (Å²) in [6.45, 7) is 8.14. The van der Waals surface area contributed by atoms with Crippen LogP contribution >= 0.6 is 15.9 Å². The fourth-order valence-electron chi connectivity index (χ4n) is 6.20. The van der Waals surface area contributed by atoms with E-state index in [1.807, 2.05) is 19.2 Å². The third kappa shape index (κ3) is 5.38. The van der Waals surface area contributed by atoms with E-state index < -0.39 is 17.6 Å². The highest BCUT2D eigenvalue weighted by molar-refractivity contribution is 9.10. The quantitative estimate of drug-likeness (QED) is 0.399. The number of benzene rings is 2. The molecule has 0 atom stereocenters. The number of ether oxygens (including phenoxy) is 1. The van der Waals surface area contributed by atoms with Crippen molar-refractivity contribution in [1.82, 2.24) is 4.90 Å². The molecular formula is C32H34BrFN2O4. The zero-order valence-electron chi connectivity index (χ0n) is 23.5. The number of amides is 1. The predicted octanol–water partition coefficient (Wildman–Crippen LogP) is 6.92.